The summed E-state index contributed by atoms with van der Waals surface area (Å²) in [5.41, 5.74) is 1.46. The van der Waals surface area contributed by atoms with E-state index in [2.05, 4.69) is 15.5 Å². The van der Waals surface area contributed by atoms with E-state index in [4.69, 9.17) is 25.8 Å². The minimum Gasteiger partial charge on any atom is -0.493 e. The molecular weight excluding hydrogens is 488 g/mol. The number of halogens is 1. The highest BCUT2D eigenvalue weighted by molar-refractivity contribution is 7.15. The van der Waals surface area contributed by atoms with Crippen LogP contribution in [0.3, 0.4) is 0 Å². The molecule has 0 radical (unpaired) electrons. The number of ether oxygens (including phenoxy) is 3. The molecule has 1 aromatic heterocycles. The summed E-state index contributed by atoms with van der Waals surface area (Å²) in [6.45, 7) is 6.50. The van der Waals surface area contributed by atoms with Gasteiger partial charge in [0.15, 0.2) is 11.5 Å². The zero-order valence-electron chi connectivity index (χ0n) is 19.8. The monoisotopic (exact) mass is 512 g/mol. The van der Waals surface area contributed by atoms with E-state index < -0.39 is 5.91 Å². The third kappa shape index (κ3) is 7.18. The van der Waals surface area contributed by atoms with Gasteiger partial charge in [-0.2, -0.15) is 5.26 Å². The minimum absolute atomic E-state index is 0.0753. The molecule has 0 saturated carbocycles. The fourth-order valence-electron chi connectivity index (χ4n) is 2.91. The van der Waals surface area contributed by atoms with E-state index in [0.717, 1.165) is 10.6 Å². The van der Waals surface area contributed by atoms with Crippen LogP contribution in [0.1, 0.15) is 35.9 Å². The van der Waals surface area contributed by atoms with E-state index in [9.17, 15) is 10.1 Å². The van der Waals surface area contributed by atoms with Crippen molar-refractivity contribution in [2.24, 2.45) is 0 Å². The van der Waals surface area contributed by atoms with E-state index in [-0.39, 0.29) is 11.5 Å². The number of rotatable bonds is 10. The Hall–Kier alpha value is -3.61. The predicted molar refractivity (Wildman–Crippen MR) is 136 cm³/mol. The van der Waals surface area contributed by atoms with Crippen LogP contribution in [0.5, 0.6) is 17.2 Å². The van der Waals surface area contributed by atoms with Crippen molar-refractivity contribution >= 4 is 40.1 Å². The summed E-state index contributed by atoms with van der Waals surface area (Å²) in [6.07, 6.45) is 1.47. The lowest BCUT2D eigenvalue weighted by atomic mass is 10.1. The molecule has 0 saturated heterocycles. The summed E-state index contributed by atoms with van der Waals surface area (Å²) < 4.78 is 16.9. The van der Waals surface area contributed by atoms with Crippen LogP contribution < -0.4 is 19.5 Å². The Morgan fingerprint density at radius 2 is 1.94 bits per heavy atom. The van der Waals surface area contributed by atoms with Crippen molar-refractivity contribution in [3.05, 3.63) is 63.1 Å². The summed E-state index contributed by atoms with van der Waals surface area (Å²) in [4.78, 5) is 12.5. The number of benzene rings is 2. The lowest BCUT2D eigenvalue weighted by Crippen LogP contribution is -2.13. The molecule has 35 heavy (non-hydrogen) atoms. The van der Waals surface area contributed by atoms with Gasteiger partial charge in [-0.05, 0) is 54.5 Å². The maximum Gasteiger partial charge on any atom is 0.268 e. The highest BCUT2D eigenvalue weighted by Crippen LogP contribution is 2.29. The van der Waals surface area contributed by atoms with Gasteiger partial charge in [-0.25, -0.2) is 0 Å². The Balaban J connectivity index is 1.62. The highest BCUT2D eigenvalue weighted by Gasteiger charge is 2.15. The van der Waals surface area contributed by atoms with Gasteiger partial charge in [-0.3, -0.25) is 10.1 Å². The highest BCUT2D eigenvalue weighted by atomic mass is 35.5. The predicted octanol–water partition coefficient (Wildman–Crippen LogP) is 5.64. The van der Waals surface area contributed by atoms with Gasteiger partial charge in [0.05, 0.1) is 7.11 Å². The number of carbonyl (C=O) groups excluding carboxylic acids is 1. The Bertz CT molecular complexity index is 1270. The smallest absolute Gasteiger partial charge is 0.268 e. The summed E-state index contributed by atoms with van der Waals surface area (Å²) in [5, 5.41) is 21.9. The SMILES string of the molecule is COc1cc(/C=C(/C#N)C(=O)Nc2nnc(C(C)C)s2)ccc1OCCOc1ccc(Cl)c(C)c1. The number of nitriles is 1. The number of anilines is 1. The molecule has 0 aliphatic rings. The topological polar surface area (TPSA) is 106 Å². The van der Waals surface area contributed by atoms with Gasteiger partial charge in [0.25, 0.3) is 5.91 Å². The van der Waals surface area contributed by atoms with Crippen molar-refractivity contribution in [1.82, 2.24) is 10.2 Å². The third-order valence-electron chi connectivity index (χ3n) is 4.76. The number of aromatic nitrogens is 2. The standard InChI is InChI=1S/C25H25ClN4O4S/c1-15(2)24-29-30-25(35-24)28-23(31)18(14-27)12-17-5-8-21(22(13-17)32-4)34-10-9-33-19-6-7-20(26)16(3)11-19/h5-8,11-13,15H,9-10H2,1-4H3,(H,28,30,31)/b18-12-. The second-order valence-electron chi connectivity index (χ2n) is 7.74. The van der Waals surface area contributed by atoms with Crippen LogP contribution in [0.25, 0.3) is 6.08 Å². The maximum absolute atomic E-state index is 12.5. The number of carbonyl (C=O) groups is 1. The average Bonchev–Trinajstić information content (AvgIpc) is 3.31. The van der Waals surface area contributed by atoms with E-state index in [1.54, 1.807) is 30.3 Å². The number of methoxy groups -OCH3 is 1. The summed E-state index contributed by atoms with van der Waals surface area (Å²) in [5.74, 6) is 1.32. The molecule has 0 fully saturated rings. The van der Waals surface area contributed by atoms with Crippen LogP contribution >= 0.6 is 22.9 Å². The van der Waals surface area contributed by atoms with Gasteiger partial charge >= 0.3 is 0 Å². The Morgan fingerprint density at radius 1 is 1.17 bits per heavy atom. The number of hydrogen-bond donors (Lipinski definition) is 1. The van der Waals surface area contributed by atoms with Crippen LogP contribution in [0.4, 0.5) is 5.13 Å². The number of nitrogens with zero attached hydrogens (tertiary/aromatic N) is 3. The summed E-state index contributed by atoms with van der Waals surface area (Å²) >= 11 is 7.31. The fraction of sp³-hybridized carbons (Fsp3) is 0.280. The van der Waals surface area contributed by atoms with Crippen molar-refractivity contribution < 1.29 is 19.0 Å². The molecule has 10 heteroatoms. The second-order valence-corrected chi connectivity index (χ2v) is 9.16. The number of hydrogen-bond acceptors (Lipinski definition) is 8. The molecule has 0 unspecified atom stereocenters. The first kappa shape index (κ1) is 26.0. The Morgan fingerprint density at radius 3 is 2.60 bits per heavy atom. The third-order valence-corrected chi connectivity index (χ3v) is 6.32. The van der Waals surface area contributed by atoms with E-state index in [0.29, 0.717) is 46.2 Å². The van der Waals surface area contributed by atoms with Gasteiger partial charge < -0.3 is 14.2 Å². The van der Waals surface area contributed by atoms with Crippen molar-refractivity contribution in [2.75, 3.05) is 25.6 Å². The van der Waals surface area contributed by atoms with Crippen molar-refractivity contribution in [3.8, 4) is 23.3 Å². The van der Waals surface area contributed by atoms with Crippen molar-refractivity contribution in [3.63, 3.8) is 0 Å². The van der Waals surface area contributed by atoms with Gasteiger partial charge in [-0.1, -0.05) is 42.9 Å². The second kappa shape index (κ2) is 12.2. The Labute approximate surface area is 213 Å². The molecule has 3 aromatic rings. The average molecular weight is 513 g/mol. The van der Waals surface area contributed by atoms with Crippen LogP contribution in [-0.2, 0) is 4.79 Å². The van der Waals surface area contributed by atoms with Crippen LogP contribution in [0.2, 0.25) is 5.02 Å². The van der Waals surface area contributed by atoms with Gasteiger partial charge in [0.2, 0.25) is 5.13 Å². The van der Waals surface area contributed by atoms with Gasteiger partial charge in [-0.15, -0.1) is 10.2 Å². The van der Waals surface area contributed by atoms with Gasteiger partial charge in [0.1, 0.15) is 35.6 Å². The van der Waals surface area contributed by atoms with Crippen LogP contribution in [0.15, 0.2) is 42.0 Å². The summed E-state index contributed by atoms with van der Waals surface area (Å²) in [7, 11) is 1.52. The normalized spacial score (nSPS) is 11.2. The van der Waals surface area contributed by atoms with Crippen LogP contribution in [0, 0.1) is 18.3 Å². The number of nitrogens with one attached hydrogen (secondary N) is 1. The molecule has 1 amide bonds. The molecule has 2 aromatic carbocycles. The molecule has 0 aliphatic heterocycles. The molecule has 3 rings (SSSR count). The quantitative estimate of drug-likeness (QED) is 0.213. The first-order valence-electron chi connectivity index (χ1n) is 10.8. The molecule has 1 N–H and O–H groups in total. The largest absolute Gasteiger partial charge is 0.493 e. The van der Waals surface area contributed by atoms with E-state index >= 15 is 0 Å². The zero-order chi connectivity index (χ0) is 25.4. The molecule has 0 aliphatic carbocycles. The zero-order valence-corrected chi connectivity index (χ0v) is 21.4. The van der Waals surface area contributed by atoms with Crippen molar-refractivity contribution in [1.29, 1.82) is 5.26 Å². The maximum atomic E-state index is 12.5. The summed E-state index contributed by atoms with van der Waals surface area (Å²) in [6, 6.07) is 12.5. The Kier molecular flexibility index (Phi) is 9.06. The van der Waals surface area contributed by atoms with Gasteiger partial charge in [0, 0.05) is 10.9 Å². The lowest BCUT2D eigenvalue weighted by molar-refractivity contribution is -0.112. The molecule has 0 atom stereocenters. The fourth-order valence-corrected chi connectivity index (χ4v) is 3.77. The molecule has 182 valence electrons. The number of amides is 1. The molecule has 1 heterocycles. The van der Waals surface area contributed by atoms with E-state index in [1.807, 2.05) is 32.9 Å². The lowest BCUT2D eigenvalue weighted by Gasteiger charge is -2.12. The molecule has 8 nitrogen and oxygen atoms in total. The van der Waals surface area contributed by atoms with Crippen LogP contribution in [-0.4, -0.2) is 36.4 Å². The van der Waals surface area contributed by atoms with E-state index in [1.165, 1.54) is 24.5 Å². The molecule has 0 spiro atoms. The molecular formula is C25H25ClN4O4S. The van der Waals surface area contributed by atoms with Crippen molar-refractivity contribution in [2.45, 2.75) is 26.7 Å². The first-order valence-corrected chi connectivity index (χ1v) is 12.0. The number of aryl methyl sites for hydroxylation is 1. The molecule has 0 bridgehead atoms. The minimum atomic E-state index is -0.562. The first-order chi connectivity index (χ1) is 16.8.